The standard InChI is InChI=1S/C12H15N5OS/c1-2-5-15-12-17-10(13)9(19-12)11(18)16-8-4-3-6-14-7-8/h3-4,6-7H,2,5,13H2,1H3,(H,15,17)(H,16,18). The predicted molar refractivity (Wildman–Crippen MR) is 77.5 cm³/mol. The summed E-state index contributed by atoms with van der Waals surface area (Å²) in [5, 5.41) is 6.50. The second kappa shape index (κ2) is 6.14. The molecule has 100 valence electrons. The molecule has 4 N–H and O–H groups in total. The Bertz CT molecular complexity index is 555. The van der Waals surface area contributed by atoms with Crippen molar-refractivity contribution in [2.24, 2.45) is 0 Å². The summed E-state index contributed by atoms with van der Waals surface area (Å²) in [5.74, 6) is -0.0301. The maximum absolute atomic E-state index is 12.0. The Morgan fingerprint density at radius 3 is 3.05 bits per heavy atom. The number of hydrogen-bond donors (Lipinski definition) is 3. The summed E-state index contributed by atoms with van der Waals surface area (Å²) < 4.78 is 0. The fourth-order valence-corrected chi connectivity index (χ4v) is 2.23. The van der Waals surface area contributed by atoms with Gasteiger partial charge in [0.2, 0.25) is 0 Å². The number of pyridine rings is 1. The summed E-state index contributed by atoms with van der Waals surface area (Å²) in [6.07, 6.45) is 4.20. The van der Waals surface area contributed by atoms with E-state index in [2.05, 4.69) is 27.5 Å². The average Bonchev–Trinajstić information content (AvgIpc) is 2.79. The van der Waals surface area contributed by atoms with Gasteiger partial charge in [0.1, 0.15) is 10.7 Å². The Morgan fingerprint density at radius 1 is 1.53 bits per heavy atom. The fourth-order valence-electron chi connectivity index (χ4n) is 1.43. The van der Waals surface area contributed by atoms with Gasteiger partial charge in [-0.2, -0.15) is 0 Å². The first-order chi connectivity index (χ1) is 9.20. The number of amides is 1. The molecule has 0 saturated carbocycles. The molecule has 0 unspecified atom stereocenters. The molecule has 6 nitrogen and oxygen atoms in total. The van der Waals surface area contributed by atoms with E-state index in [0.717, 1.165) is 13.0 Å². The maximum atomic E-state index is 12.0. The van der Waals surface area contributed by atoms with Gasteiger partial charge in [0.15, 0.2) is 5.13 Å². The molecule has 2 heterocycles. The molecule has 1 amide bonds. The van der Waals surface area contributed by atoms with Crippen LogP contribution in [0.2, 0.25) is 0 Å². The minimum absolute atomic E-state index is 0.241. The van der Waals surface area contributed by atoms with E-state index in [4.69, 9.17) is 5.73 Å². The van der Waals surface area contributed by atoms with Crippen LogP contribution in [0.25, 0.3) is 0 Å². The van der Waals surface area contributed by atoms with E-state index in [-0.39, 0.29) is 11.7 Å². The van der Waals surface area contributed by atoms with E-state index in [1.165, 1.54) is 11.3 Å². The topological polar surface area (TPSA) is 92.9 Å². The van der Waals surface area contributed by atoms with Gasteiger partial charge in [-0.05, 0) is 18.6 Å². The second-order valence-corrected chi connectivity index (χ2v) is 4.86. The van der Waals surface area contributed by atoms with Crippen molar-refractivity contribution < 1.29 is 4.79 Å². The summed E-state index contributed by atoms with van der Waals surface area (Å²) in [6.45, 7) is 2.86. The molecule has 0 atom stereocenters. The third kappa shape index (κ3) is 3.41. The number of aromatic nitrogens is 2. The molecule has 0 saturated heterocycles. The average molecular weight is 277 g/mol. The lowest BCUT2D eigenvalue weighted by atomic mass is 10.4. The molecule has 2 aromatic heterocycles. The normalized spacial score (nSPS) is 10.2. The quantitative estimate of drug-likeness (QED) is 0.779. The summed E-state index contributed by atoms with van der Waals surface area (Å²) in [6, 6.07) is 3.51. The van der Waals surface area contributed by atoms with Crippen LogP contribution in [-0.2, 0) is 0 Å². The molecule has 0 aliphatic heterocycles. The molecule has 0 radical (unpaired) electrons. The molecular formula is C12H15N5OS. The zero-order valence-electron chi connectivity index (χ0n) is 10.5. The zero-order chi connectivity index (χ0) is 13.7. The van der Waals surface area contributed by atoms with Gasteiger partial charge in [0.25, 0.3) is 5.91 Å². The van der Waals surface area contributed by atoms with Crippen LogP contribution in [0.4, 0.5) is 16.6 Å². The second-order valence-electron chi connectivity index (χ2n) is 3.86. The number of nitrogens with two attached hydrogens (primary N) is 1. The Balaban J connectivity index is 2.08. The number of carbonyl (C=O) groups excluding carboxylic acids is 1. The molecule has 0 fully saturated rings. The summed E-state index contributed by atoms with van der Waals surface area (Å²) in [7, 11) is 0. The highest BCUT2D eigenvalue weighted by atomic mass is 32.1. The van der Waals surface area contributed by atoms with Gasteiger partial charge in [0, 0.05) is 12.7 Å². The molecule has 0 bridgehead atoms. The Labute approximate surface area is 115 Å². The van der Waals surface area contributed by atoms with E-state index in [1.807, 2.05) is 0 Å². The summed E-state index contributed by atoms with van der Waals surface area (Å²) in [4.78, 5) is 20.5. The van der Waals surface area contributed by atoms with Crippen molar-refractivity contribution in [1.29, 1.82) is 0 Å². The highest BCUT2D eigenvalue weighted by Gasteiger charge is 2.16. The lowest BCUT2D eigenvalue weighted by Crippen LogP contribution is -2.12. The number of anilines is 3. The fraction of sp³-hybridized carbons (Fsp3) is 0.250. The van der Waals surface area contributed by atoms with Crippen LogP contribution >= 0.6 is 11.3 Å². The highest BCUT2D eigenvalue weighted by Crippen LogP contribution is 2.25. The Morgan fingerprint density at radius 2 is 2.37 bits per heavy atom. The molecule has 2 aromatic rings. The van der Waals surface area contributed by atoms with Crippen LogP contribution in [0.3, 0.4) is 0 Å². The van der Waals surface area contributed by atoms with Crippen molar-refractivity contribution in [3.63, 3.8) is 0 Å². The molecule has 0 aliphatic rings. The van der Waals surface area contributed by atoms with E-state index in [0.29, 0.717) is 15.7 Å². The number of rotatable bonds is 5. The van der Waals surface area contributed by atoms with Gasteiger partial charge in [-0.15, -0.1) is 0 Å². The summed E-state index contributed by atoms with van der Waals surface area (Å²) >= 11 is 1.25. The maximum Gasteiger partial charge on any atom is 0.269 e. The molecule has 0 spiro atoms. The monoisotopic (exact) mass is 277 g/mol. The van der Waals surface area contributed by atoms with Crippen molar-refractivity contribution >= 4 is 33.9 Å². The van der Waals surface area contributed by atoms with Gasteiger partial charge in [-0.1, -0.05) is 18.3 Å². The molecule has 0 aliphatic carbocycles. The Kier molecular flexibility index (Phi) is 4.30. The van der Waals surface area contributed by atoms with E-state index in [1.54, 1.807) is 24.5 Å². The number of nitrogens with one attached hydrogen (secondary N) is 2. The number of thiazole rings is 1. The van der Waals surface area contributed by atoms with Crippen molar-refractivity contribution in [3.05, 3.63) is 29.4 Å². The third-order valence-electron chi connectivity index (χ3n) is 2.31. The number of nitrogens with zero attached hydrogens (tertiary/aromatic N) is 2. The smallest absolute Gasteiger partial charge is 0.269 e. The van der Waals surface area contributed by atoms with Gasteiger partial charge < -0.3 is 16.4 Å². The van der Waals surface area contributed by atoms with Crippen LogP contribution in [-0.4, -0.2) is 22.4 Å². The largest absolute Gasteiger partial charge is 0.382 e. The van der Waals surface area contributed by atoms with Crippen molar-refractivity contribution in [2.45, 2.75) is 13.3 Å². The van der Waals surface area contributed by atoms with Crippen LogP contribution in [0, 0.1) is 0 Å². The lowest BCUT2D eigenvalue weighted by molar-refractivity contribution is 0.103. The molecule has 2 rings (SSSR count). The van der Waals surface area contributed by atoms with Crippen molar-refractivity contribution in [1.82, 2.24) is 9.97 Å². The lowest BCUT2D eigenvalue weighted by Gasteiger charge is -2.02. The highest BCUT2D eigenvalue weighted by molar-refractivity contribution is 7.18. The number of nitrogen functional groups attached to an aromatic ring is 1. The van der Waals surface area contributed by atoms with Crippen LogP contribution < -0.4 is 16.4 Å². The third-order valence-corrected chi connectivity index (χ3v) is 3.33. The summed E-state index contributed by atoms with van der Waals surface area (Å²) in [5.41, 5.74) is 6.38. The first kappa shape index (κ1) is 13.3. The molecular weight excluding hydrogens is 262 g/mol. The minimum atomic E-state index is -0.271. The molecule has 7 heteroatoms. The Hall–Kier alpha value is -2.15. The molecule has 0 aromatic carbocycles. The van der Waals surface area contributed by atoms with E-state index in [9.17, 15) is 4.79 Å². The molecule has 19 heavy (non-hydrogen) atoms. The minimum Gasteiger partial charge on any atom is -0.382 e. The SMILES string of the molecule is CCCNc1nc(N)c(C(=O)Nc2cccnc2)s1. The van der Waals surface area contributed by atoms with E-state index < -0.39 is 0 Å². The van der Waals surface area contributed by atoms with Crippen molar-refractivity contribution in [3.8, 4) is 0 Å². The van der Waals surface area contributed by atoms with Gasteiger partial charge >= 0.3 is 0 Å². The van der Waals surface area contributed by atoms with Crippen LogP contribution in [0.1, 0.15) is 23.0 Å². The van der Waals surface area contributed by atoms with Crippen molar-refractivity contribution in [2.75, 3.05) is 22.9 Å². The van der Waals surface area contributed by atoms with E-state index >= 15 is 0 Å². The van der Waals surface area contributed by atoms with Gasteiger partial charge in [-0.3, -0.25) is 9.78 Å². The van der Waals surface area contributed by atoms with Gasteiger partial charge in [0.05, 0.1) is 11.9 Å². The zero-order valence-corrected chi connectivity index (χ0v) is 11.3. The van der Waals surface area contributed by atoms with Gasteiger partial charge in [-0.25, -0.2) is 4.98 Å². The predicted octanol–water partition coefficient (Wildman–Crippen LogP) is 2.19. The first-order valence-electron chi connectivity index (χ1n) is 5.92. The first-order valence-corrected chi connectivity index (χ1v) is 6.74. The van der Waals surface area contributed by atoms with Crippen LogP contribution in [0.15, 0.2) is 24.5 Å². The number of hydrogen-bond acceptors (Lipinski definition) is 6. The van der Waals surface area contributed by atoms with Crippen LogP contribution in [0.5, 0.6) is 0 Å². The number of carbonyl (C=O) groups is 1.